The molecule has 2 aliphatic rings. The summed E-state index contributed by atoms with van der Waals surface area (Å²) in [4.78, 5) is 15.1. The normalized spacial score (nSPS) is 22.4. The maximum absolute atomic E-state index is 6.48. The third-order valence-corrected chi connectivity index (χ3v) is 6.05. The van der Waals surface area contributed by atoms with E-state index in [0.29, 0.717) is 11.0 Å². The Bertz CT molecular complexity index is 971. The summed E-state index contributed by atoms with van der Waals surface area (Å²) in [5.74, 6) is 1.46. The Hall–Kier alpha value is -2.32. The molecule has 1 atom stereocenters. The number of hydrogen-bond acceptors (Lipinski definition) is 6. The van der Waals surface area contributed by atoms with Gasteiger partial charge in [-0.05, 0) is 32.7 Å². The number of nitrogens with one attached hydrogen (secondary N) is 3. The van der Waals surface area contributed by atoms with E-state index in [2.05, 4.69) is 37.5 Å². The van der Waals surface area contributed by atoms with Gasteiger partial charge in [0.1, 0.15) is 11.5 Å². The van der Waals surface area contributed by atoms with E-state index in [-0.39, 0.29) is 5.54 Å². The van der Waals surface area contributed by atoms with Crippen LogP contribution in [0, 0.1) is 0 Å². The van der Waals surface area contributed by atoms with Crippen molar-refractivity contribution in [1.29, 1.82) is 0 Å². The Kier molecular flexibility index (Phi) is 3.98. The number of rotatable bonds is 4. The average molecular weight is 387 g/mol. The maximum atomic E-state index is 6.48. The highest BCUT2D eigenvalue weighted by molar-refractivity contribution is 6.36. The van der Waals surface area contributed by atoms with E-state index in [9.17, 15) is 0 Å². The summed E-state index contributed by atoms with van der Waals surface area (Å²) >= 11 is 6.48. The fraction of sp³-hybridized carbons (Fsp3) is 0.500. The number of nitrogens with zero attached hydrogens (tertiary/aromatic N) is 5. The van der Waals surface area contributed by atoms with Gasteiger partial charge in [-0.3, -0.25) is 4.68 Å². The van der Waals surface area contributed by atoms with Crippen LogP contribution in [0.3, 0.4) is 0 Å². The Labute approximate surface area is 162 Å². The molecular formula is C18H23ClN8. The largest absolute Gasteiger partial charge is 0.349 e. The molecule has 1 unspecified atom stereocenters. The van der Waals surface area contributed by atoms with Gasteiger partial charge < -0.3 is 20.5 Å². The van der Waals surface area contributed by atoms with Crippen LogP contribution in [-0.4, -0.2) is 49.9 Å². The van der Waals surface area contributed by atoms with E-state index in [1.54, 1.807) is 12.4 Å². The second-order valence-electron chi connectivity index (χ2n) is 7.35. The molecule has 0 aromatic carbocycles. The average Bonchev–Trinajstić information content (AvgIpc) is 3.28. The lowest BCUT2D eigenvalue weighted by atomic mass is 9.78. The summed E-state index contributed by atoms with van der Waals surface area (Å²) in [7, 11) is 0. The number of halogens is 1. The molecule has 2 saturated heterocycles. The zero-order valence-corrected chi connectivity index (χ0v) is 16.1. The molecule has 5 heterocycles. The van der Waals surface area contributed by atoms with Crippen molar-refractivity contribution >= 4 is 40.1 Å². The van der Waals surface area contributed by atoms with Gasteiger partial charge in [0.15, 0.2) is 0 Å². The third kappa shape index (κ3) is 2.74. The SMILES string of the molecule is CCn1cc(Nc2nc(N3CCC34CCCNC4)c3c(Cl)c[nH]c3n2)cn1. The molecule has 3 aromatic rings. The number of hydrogen-bond donors (Lipinski definition) is 3. The lowest BCUT2D eigenvalue weighted by Crippen LogP contribution is -2.67. The van der Waals surface area contributed by atoms with E-state index in [4.69, 9.17) is 16.6 Å². The van der Waals surface area contributed by atoms with Crippen molar-refractivity contribution < 1.29 is 0 Å². The zero-order valence-electron chi connectivity index (χ0n) is 15.3. The number of aryl methyl sites for hydroxylation is 1. The molecule has 3 aromatic heterocycles. The molecule has 0 aliphatic carbocycles. The van der Waals surface area contributed by atoms with Crippen LogP contribution in [0.2, 0.25) is 5.02 Å². The predicted molar refractivity (Wildman–Crippen MR) is 107 cm³/mol. The van der Waals surface area contributed by atoms with Gasteiger partial charge in [-0.2, -0.15) is 15.1 Å². The van der Waals surface area contributed by atoms with Crippen molar-refractivity contribution in [2.24, 2.45) is 0 Å². The second-order valence-corrected chi connectivity index (χ2v) is 7.75. The number of aromatic nitrogens is 5. The van der Waals surface area contributed by atoms with E-state index < -0.39 is 0 Å². The van der Waals surface area contributed by atoms with Crippen molar-refractivity contribution in [3.63, 3.8) is 0 Å². The first-order valence-corrected chi connectivity index (χ1v) is 9.89. The second kappa shape index (κ2) is 6.38. The standard InChI is InChI=1S/C18H23ClN8/c1-2-26-10-12(8-22-26)23-17-24-15-14(13(19)9-21-15)16(25-17)27-7-5-18(27)4-3-6-20-11-18/h8-10,20H,2-7,11H2,1H3,(H2,21,23,24,25). The monoisotopic (exact) mass is 386 g/mol. The van der Waals surface area contributed by atoms with Crippen molar-refractivity contribution in [2.45, 2.75) is 38.3 Å². The quantitative estimate of drug-likeness (QED) is 0.639. The van der Waals surface area contributed by atoms with E-state index in [1.165, 1.54) is 19.3 Å². The molecule has 27 heavy (non-hydrogen) atoms. The van der Waals surface area contributed by atoms with Gasteiger partial charge in [0.05, 0.1) is 27.8 Å². The molecule has 2 aliphatic heterocycles. The van der Waals surface area contributed by atoms with Crippen LogP contribution >= 0.6 is 11.6 Å². The Morgan fingerprint density at radius 1 is 1.33 bits per heavy atom. The lowest BCUT2D eigenvalue weighted by molar-refractivity contribution is 0.210. The Morgan fingerprint density at radius 2 is 2.26 bits per heavy atom. The summed E-state index contributed by atoms with van der Waals surface area (Å²) in [5, 5.41) is 12.7. The minimum Gasteiger partial charge on any atom is -0.349 e. The molecule has 9 heteroatoms. The van der Waals surface area contributed by atoms with Crippen molar-refractivity contribution in [2.75, 3.05) is 29.9 Å². The fourth-order valence-corrected chi connectivity index (χ4v) is 4.45. The molecule has 0 bridgehead atoms. The summed E-state index contributed by atoms with van der Waals surface area (Å²) in [5.41, 5.74) is 1.77. The first-order valence-electron chi connectivity index (χ1n) is 9.51. The molecule has 1 spiro atoms. The zero-order chi connectivity index (χ0) is 18.4. The van der Waals surface area contributed by atoms with Gasteiger partial charge in [-0.15, -0.1) is 0 Å². The van der Waals surface area contributed by atoms with Crippen molar-refractivity contribution in [1.82, 2.24) is 30.0 Å². The number of fused-ring (bicyclic) bond motifs is 1. The number of aromatic amines is 1. The topological polar surface area (TPSA) is 86.7 Å². The van der Waals surface area contributed by atoms with Crippen LogP contribution in [0.4, 0.5) is 17.5 Å². The molecular weight excluding hydrogens is 364 g/mol. The highest BCUT2D eigenvalue weighted by Gasteiger charge is 2.46. The van der Waals surface area contributed by atoms with Gasteiger partial charge >= 0.3 is 0 Å². The van der Waals surface area contributed by atoms with Crippen LogP contribution < -0.4 is 15.5 Å². The molecule has 2 fully saturated rings. The molecule has 8 nitrogen and oxygen atoms in total. The molecule has 142 valence electrons. The number of H-pyrrole nitrogens is 1. The van der Waals surface area contributed by atoms with Gasteiger partial charge in [-0.25, -0.2) is 0 Å². The maximum Gasteiger partial charge on any atom is 0.231 e. The highest BCUT2D eigenvalue weighted by Crippen LogP contribution is 2.43. The first-order chi connectivity index (χ1) is 13.2. The fourth-order valence-electron chi connectivity index (χ4n) is 4.22. The Balaban J connectivity index is 1.55. The van der Waals surface area contributed by atoms with E-state index in [0.717, 1.165) is 48.7 Å². The predicted octanol–water partition coefficient (Wildman–Crippen LogP) is 2.90. The van der Waals surface area contributed by atoms with Gasteiger partial charge in [0.2, 0.25) is 5.95 Å². The Morgan fingerprint density at radius 3 is 2.96 bits per heavy atom. The number of anilines is 3. The molecule has 0 amide bonds. The van der Waals surface area contributed by atoms with Gasteiger partial charge in [-0.1, -0.05) is 11.6 Å². The molecule has 0 radical (unpaired) electrons. The third-order valence-electron chi connectivity index (χ3n) is 5.76. The minimum absolute atomic E-state index is 0.143. The summed E-state index contributed by atoms with van der Waals surface area (Å²) in [6.45, 7) is 5.95. The summed E-state index contributed by atoms with van der Waals surface area (Å²) in [6.07, 6.45) is 9.07. The summed E-state index contributed by atoms with van der Waals surface area (Å²) < 4.78 is 1.87. The van der Waals surface area contributed by atoms with Crippen LogP contribution in [0.15, 0.2) is 18.6 Å². The lowest BCUT2D eigenvalue weighted by Gasteiger charge is -2.55. The van der Waals surface area contributed by atoms with Crippen LogP contribution in [-0.2, 0) is 6.54 Å². The molecule has 3 N–H and O–H groups in total. The van der Waals surface area contributed by atoms with E-state index in [1.807, 2.05) is 10.9 Å². The van der Waals surface area contributed by atoms with Crippen LogP contribution in [0.1, 0.15) is 26.2 Å². The molecule has 5 rings (SSSR count). The smallest absolute Gasteiger partial charge is 0.231 e. The minimum atomic E-state index is 0.143. The number of piperidine rings is 1. The van der Waals surface area contributed by atoms with Gasteiger partial charge in [0.25, 0.3) is 0 Å². The molecule has 0 saturated carbocycles. The van der Waals surface area contributed by atoms with Crippen LogP contribution in [0.5, 0.6) is 0 Å². The van der Waals surface area contributed by atoms with Gasteiger partial charge in [0, 0.05) is 32.0 Å². The van der Waals surface area contributed by atoms with Crippen molar-refractivity contribution in [3.8, 4) is 0 Å². The highest BCUT2D eigenvalue weighted by atomic mass is 35.5. The van der Waals surface area contributed by atoms with Crippen LogP contribution in [0.25, 0.3) is 11.0 Å². The summed E-state index contributed by atoms with van der Waals surface area (Å²) in [6, 6.07) is 0. The van der Waals surface area contributed by atoms with E-state index >= 15 is 0 Å². The first kappa shape index (κ1) is 16.8. The van der Waals surface area contributed by atoms with Crippen molar-refractivity contribution in [3.05, 3.63) is 23.6 Å².